The van der Waals surface area contributed by atoms with Gasteiger partial charge in [0.05, 0.1) is 12.1 Å². The molecule has 2 rings (SSSR count). The molecule has 1 unspecified atom stereocenters. The van der Waals surface area contributed by atoms with Gasteiger partial charge in [-0.05, 0) is 19.3 Å². The highest BCUT2D eigenvalue weighted by Gasteiger charge is 2.35. The normalized spacial score (nSPS) is 32.3. The Bertz CT molecular complexity index is 336. The second-order valence-electron chi connectivity index (χ2n) is 4.81. The zero-order valence-electron chi connectivity index (χ0n) is 10.1. The summed E-state index contributed by atoms with van der Waals surface area (Å²) in [6, 6.07) is -0.945. The van der Waals surface area contributed by atoms with Crippen molar-refractivity contribution < 1.29 is 19.8 Å². The van der Waals surface area contributed by atoms with E-state index >= 15 is 0 Å². The molecule has 0 aromatic rings. The minimum absolute atomic E-state index is 0.241. The van der Waals surface area contributed by atoms with Gasteiger partial charge in [0.25, 0.3) is 0 Å². The summed E-state index contributed by atoms with van der Waals surface area (Å²) in [4.78, 5) is 24.2. The summed E-state index contributed by atoms with van der Waals surface area (Å²) in [5, 5.41) is 24.4. The van der Waals surface area contributed by atoms with Crippen LogP contribution in [0.15, 0.2) is 0 Å². The van der Waals surface area contributed by atoms with Gasteiger partial charge >= 0.3 is 6.09 Å². The van der Waals surface area contributed by atoms with Gasteiger partial charge in [-0.1, -0.05) is 0 Å². The average molecular weight is 257 g/mol. The molecule has 1 aliphatic heterocycles. The highest BCUT2D eigenvalue weighted by atomic mass is 16.4. The van der Waals surface area contributed by atoms with E-state index in [1.54, 1.807) is 0 Å². The Balaban J connectivity index is 1.95. The lowest BCUT2D eigenvalue weighted by molar-refractivity contribution is -0.127. The van der Waals surface area contributed by atoms with E-state index in [2.05, 4.69) is 10.6 Å². The molecule has 3 atom stereocenters. The van der Waals surface area contributed by atoms with Crippen molar-refractivity contribution in [2.45, 2.75) is 37.5 Å². The quantitative estimate of drug-likeness (QED) is 0.506. The fourth-order valence-electron chi connectivity index (χ4n) is 2.56. The van der Waals surface area contributed by atoms with Gasteiger partial charge in [-0.2, -0.15) is 0 Å². The van der Waals surface area contributed by atoms with Crippen LogP contribution < -0.4 is 10.6 Å². The van der Waals surface area contributed by atoms with Crippen molar-refractivity contribution in [2.24, 2.45) is 0 Å². The molecule has 0 bridgehead atoms. The number of amides is 2. The van der Waals surface area contributed by atoms with Crippen LogP contribution in [0.3, 0.4) is 0 Å². The number of hydrogen-bond acceptors (Lipinski definition) is 4. The smallest absolute Gasteiger partial charge is 0.408 e. The third-order valence-corrected chi connectivity index (χ3v) is 3.60. The summed E-state index contributed by atoms with van der Waals surface area (Å²) in [7, 11) is 0. The summed E-state index contributed by atoms with van der Waals surface area (Å²) in [6.45, 7) is 1.18. The minimum atomic E-state index is -1.08. The van der Waals surface area contributed by atoms with Crippen LogP contribution in [0.25, 0.3) is 0 Å². The third kappa shape index (κ3) is 2.73. The zero-order chi connectivity index (χ0) is 13.1. The van der Waals surface area contributed by atoms with Gasteiger partial charge in [0.1, 0.15) is 6.04 Å². The van der Waals surface area contributed by atoms with E-state index in [1.165, 1.54) is 0 Å². The molecule has 7 heteroatoms. The Morgan fingerprint density at radius 3 is 2.72 bits per heavy atom. The van der Waals surface area contributed by atoms with Crippen molar-refractivity contribution in [3.05, 3.63) is 0 Å². The summed E-state index contributed by atoms with van der Waals surface area (Å²) in [5.41, 5.74) is 0. The highest BCUT2D eigenvalue weighted by molar-refractivity contribution is 5.86. The molecule has 4 N–H and O–H groups in total. The molecule has 0 aromatic heterocycles. The van der Waals surface area contributed by atoms with Crippen molar-refractivity contribution >= 4 is 12.0 Å². The Morgan fingerprint density at radius 2 is 2.11 bits per heavy atom. The molecule has 18 heavy (non-hydrogen) atoms. The number of piperazine rings is 1. The summed E-state index contributed by atoms with van der Waals surface area (Å²) in [6.07, 6.45) is 0.737. The predicted molar refractivity (Wildman–Crippen MR) is 63.2 cm³/mol. The molecule has 1 aliphatic carbocycles. The van der Waals surface area contributed by atoms with Crippen LogP contribution in [0.4, 0.5) is 4.79 Å². The monoisotopic (exact) mass is 257 g/mol. The van der Waals surface area contributed by atoms with Gasteiger partial charge in [0, 0.05) is 19.6 Å². The van der Waals surface area contributed by atoms with E-state index in [4.69, 9.17) is 5.11 Å². The number of aliphatic hydroxyl groups excluding tert-OH is 1. The molecule has 2 aliphatic rings. The van der Waals surface area contributed by atoms with Crippen LogP contribution >= 0.6 is 0 Å². The fourth-order valence-corrected chi connectivity index (χ4v) is 2.56. The first-order valence-electron chi connectivity index (χ1n) is 6.28. The maximum atomic E-state index is 12.0. The molecule has 7 nitrogen and oxygen atoms in total. The molecule has 0 radical (unpaired) electrons. The Labute approximate surface area is 105 Å². The Hall–Kier alpha value is -1.34. The summed E-state index contributed by atoms with van der Waals surface area (Å²) in [5.74, 6) is -0.324. The fraction of sp³-hybridized carbons (Fsp3) is 0.818. The lowest BCUT2D eigenvalue weighted by Gasteiger charge is -2.33. The summed E-state index contributed by atoms with van der Waals surface area (Å²) < 4.78 is 0. The van der Waals surface area contributed by atoms with Gasteiger partial charge in [0.2, 0.25) is 5.91 Å². The molecule has 102 valence electrons. The largest absolute Gasteiger partial charge is 0.465 e. The molecule has 0 aromatic carbocycles. The first-order valence-corrected chi connectivity index (χ1v) is 6.28. The van der Waals surface area contributed by atoms with Crippen molar-refractivity contribution in [2.75, 3.05) is 19.6 Å². The molecular weight excluding hydrogens is 238 g/mol. The maximum absolute atomic E-state index is 12.0. The van der Waals surface area contributed by atoms with Crippen molar-refractivity contribution in [3.63, 3.8) is 0 Å². The van der Waals surface area contributed by atoms with Crippen LogP contribution in [0.5, 0.6) is 0 Å². The van der Waals surface area contributed by atoms with E-state index < -0.39 is 18.2 Å². The zero-order valence-corrected chi connectivity index (χ0v) is 10.1. The number of rotatable bonds is 2. The standard InChI is InChI=1S/C11H19N3O4/c15-9-3-1-2-7(9)13-10(16)8-6-12-4-5-14(8)11(17)18/h7-9,12,15H,1-6H2,(H,13,16)(H,17,18)/t7-,8?,9-/m0/s1. The second kappa shape index (κ2) is 5.53. The summed E-state index contributed by atoms with van der Waals surface area (Å²) >= 11 is 0. The van der Waals surface area contributed by atoms with Crippen molar-refractivity contribution in [3.8, 4) is 0 Å². The SMILES string of the molecule is O=C(N[C@H]1CCC[C@@H]1O)C1CNCCN1C(=O)O. The topological polar surface area (TPSA) is 102 Å². The number of aliphatic hydroxyl groups is 1. The van der Waals surface area contributed by atoms with Gasteiger partial charge in [-0.25, -0.2) is 4.79 Å². The number of carbonyl (C=O) groups is 2. The van der Waals surface area contributed by atoms with Crippen LogP contribution in [0.1, 0.15) is 19.3 Å². The second-order valence-corrected chi connectivity index (χ2v) is 4.81. The molecule has 2 amide bonds. The van der Waals surface area contributed by atoms with E-state index in [-0.39, 0.29) is 11.9 Å². The van der Waals surface area contributed by atoms with Crippen LogP contribution in [0, 0.1) is 0 Å². The number of carboxylic acid groups (broad SMARTS) is 1. The van der Waals surface area contributed by atoms with E-state index in [0.29, 0.717) is 26.1 Å². The predicted octanol–water partition coefficient (Wildman–Crippen LogP) is -1.03. The number of nitrogens with one attached hydrogen (secondary N) is 2. The van der Waals surface area contributed by atoms with Gasteiger partial charge < -0.3 is 20.8 Å². The van der Waals surface area contributed by atoms with Crippen LogP contribution in [-0.4, -0.2) is 64.9 Å². The van der Waals surface area contributed by atoms with Crippen molar-refractivity contribution in [1.29, 1.82) is 0 Å². The number of carbonyl (C=O) groups excluding carboxylic acids is 1. The van der Waals surface area contributed by atoms with E-state index in [9.17, 15) is 14.7 Å². The van der Waals surface area contributed by atoms with Gasteiger partial charge in [-0.15, -0.1) is 0 Å². The van der Waals surface area contributed by atoms with Crippen molar-refractivity contribution in [1.82, 2.24) is 15.5 Å². The van der Waals surface area contributed by atoms with Gasteiger partial charge in [0.15, 0.2) is 0 Å². The molecule has 1 saturated heterocycles. The Morgan fingerprint density at radius 1 is 1.33 bits per heavy atom. The highest BCUT2D eigenvalue weighted by Crippen LogP contribution is 2.19. The molecule has 0 spiro atoms. The van der Waals surface area contributed by atoms with Crippen LogP contribution in [0.2, 0.25) is 0 Å². The third-order valence-electron chi connectivity index (χ3n) is 3.60. The molecule has 2 fully saturated rings. The lowest BCUT2D eigenvalue weighted by Crippen LogP contribution is -2.60. The van der Waals surface area contributed by atoms with E-state index in [0.717, 1.165) is 17.7 Å². The lowest BCUT2D eigenvalue weighted by atomic mass is 10.1. The molecule has 1 saturated carbocycles. The first-order chi connectivity index (χ1) is 8.59. The van der Waals surface area contributed by atoms with E-state index in [1.807, 2.05) is 0 Å². The average Bonchev–Trinajstić information content (AvgIpc) is 2.75. The number of nitrogens with zero attached hydrogens (tertiary/aromatic N) is 1. The molecular formula is C11H19N3O4. The number of hydrogen-bond donors (Lipinski definition) is 4. The van der Waals surface area contributed by atoms with Crippen LogP contribution in [-0.2, 0) is 4.79 Å². The maximum Gasteiger partial charge on any atom is 0.408 e. The molecule has 1 heterocycles. The minimum Gasteiger partial charge on any atom is -0.465 e. The van der Waals surface area contributed by atoms with Gasteiger partial charge in [-0.3, -0.25) is 9.69 Å². The first kappa shape index (κ1) is 13.1. The Kier molecular flexibility index (Phi) is 4.03.